The van der Waals surface area contributed by atoms with Gasteiger partial charge in [0.05, 0.1) is 27.8 Å². The van der Waals surface area contributed by atoms with E-state index in [4.69, 9.17) is 5.26 Å². The van der Waals surface area contributed by atoms with E-state index in [1.807, 2.05) is 6.07 Å². The van der Waals surface area contributed by atoms with Gasteiger partial charge in [0.15, 0.2) is 0 Å². The van der Waals surface area contributed by atoms with Crippen molar-refractivity contribution in [3.05, 3.63) is 51.5 Å². The van der Waals surface area contributed by atoms with Crippen molar-refractivity contribution in [2.75, 3.05) is 18.4 Å². The SMILES string of the molecule is N#Cc1cnc(NC(=O)CN2C[C@@]3(C[C@@H]3F)c3c(ccc(Br)c3F)C2=O)nc1. The summed E-state index contributed by atoms with van der Waals surface area (Å²) in [4.78, 5) is 33.9. The molecule has 2 atom stereocenters. The summed E-state index contributed by atoms with van der Waals surface area (Å²) in [5.41, 5.74) is -0.748. The maximum Gasteiger partial charge on any atom is 0.254 e. The lowest BCUT2D eigenvalue weighted by atomic mass is 9.85. The number of halogens is 3. The third kappa shape index (κ3) is 2.92. The fourth-order valence-corrected chi connectivity index (χ4v) is 3.81. The molecule has 10 heteroatoms. The lowest BCUT2D eigenvalue weighted by Gasteiger charge is -2.34. The maximum atomic E-state index is 14.6. The van der Waals surface area contributed by atoms with E-state index in [2.05, 4.69) is 31.2 Å². The van der Waals surface area contributed by atoms with Crippen molar-refractivity contribution in [3.63, 3.8) is 0 Å². The van der Waals surface area contributed by atoms with Crippen molar-refractivity contribution in [1.29, 1.82) is 5.26 Å². The molecule has 28 heavy (non-hydrogen) atoms. The third-order valence-electron chi connectivity index (χ3n) is 4.93. The van der Waals surface area contributed by atoms with Crippen molar-refractivity contribution >= 4 is 33.7 Å². The summed E-state index contributed by atoms with van der Waals surface area (Å²) >= 11 is 3.08. The van der Waals surface area contributed by atoms with Crippen molar-refractivity contribution in [1.82, 2.24) is 14.9 Å². The van der Waals surface area contributed by atoms with Gasteiger partial charge in [-0.25, -0.2) is 18.7 Å². The first-order valence-electron chi connectivity index (χ1n) is 8.29. The minimum atomic E-state index is -1.28. The molecule has 0 saturated heterocycles. The van der Waals surface area contributed by atoms with Crippen LogP contribution in [-0.4, -0.2) is 45.9 Å². The quantitative estimate of drug-likeness (QED) is 0.778. The highest BCUT2D eigenvalue weighted by Crippen LogP contribution is 2.55. The number of hydrogen-bond acceptors (Lipinski definition) is 5. The fraction of sp³-hybridized carbons (Fsp3) is 0.278. The molecule has 0 radical (unpaired) electrons. The van der Waals surface area contributed by atoms with Gasteiger partial charge < -0.3 is 4.90 Å². The molecule has 1 aromatic carbocycles. The van der Waals surface area contributed by atoms with Gasteiger partial charge in [0.2, 0.25) is 11.9 Å². The van der Waals surface area contributed by atoms with Crippen LogP contribution < -0.4 is 5.32 Å². The molecule has 0 bridgehead atoms. The molecular formula is C18H12BrF2N5O2. The molecular weight excluding hydrogens is 436 g/mol. The molecule has 1 spiro atoms. The number of benzene rings is 1. The zero-order valence-electron chi connectivity index (χ0n) is 14.2. The smallest absolute Gasteiger partial charge is 0.254 e. The third-order valence-corrected chi connectivity index (χ3v) is 5.55. The first-order valence-corrected chi connectivity index (χ1v) is 9.09. The van der Waals surface area contributed by atoms with Crippen LogP contribution in [0.25, 0.3) is 0 Å². The molecule has 0 unspecified atom stereocenters. The number of carbonyl (C=O) groups excluding carboxylic acids is 2. The standard InChI is InChI=1S/C18H12BrF2N5O2/c19-11-2-1-10-14(15(11)21)18(3-12(18)20)8-26(16(10)28)7-13(27)25-17-23-5-9(4-22)6-24-17/h1-2,5-6,12H,3,7-8H2,(H,23,24,25,27)/t12-,18+/m0/s1. The topological polar surface area (TPSA) is 99.0 Å². The van der Waals surface area contributed by atoms with E-state index in [0.717, 1.165) is 0 Å². The summed E-state index contributed by atoms with van der Waals surface area (Å²) in [6.45, 7) is -0.442. The number of amides is 2. The molecule has 7 nitrogen and oxygen atoms in total. The van der Waals surface area contributed by atoms with E-state index in [0.29, 0.717) is 0 Å². The highest BCUT2D eigenvalue weighted by molar-refractivity contribution is 9.10. The minimum Gasteiger partial charge on any atom is -0.328 e. The summed E-state index contributed by atoms with van der Waals surface area (Å²) in [5, 5.41) is 11.2. The molecule has 1 aromatic heterocycles. The number of fused-ring (bicyclic) bond motifs is 2. The molecule has 1 fully saturated rings. The summed E-state index contributed by atoms with van der Waals surface area (Å²) in [7, 11) is 0. The molecule has 1 aliphatic heterocycles. The van der Waals surface area contributed by atoms with Gasteiger partial charge in [0.25, 0.3) is 5.91 Å². The van der Waals surface area contributed by atoms with E-state index in [9.17, 15) is 18.4 Å². The Labute approximate surface area is 166 Å². The number of aromatic nitrogens is 2. The number of nitrogens with zero attached hydrogens (tertiary/aromatic N) is 4. The average Bonchev–Trinajstić information content (AvgIpc) is 3.31. The Balaban J connectivity index is 1.56. The Morgan fingerprint density at radius 2 is 2.11 bits per heavy atom. The highest BCUT2D eigenvalue weighted by atomic mass is 79.9. The van der Waals surface area contributed by atoms with Gasteiger partial charge in [-0.15, -0.1) is 0 Å². The van der Waals surface area contributed by atoms with Crippen LogP contribution >= 0.6 is 15.9 Å². The fourth-order valence-electron chi connectivity index (χ4n) is 3.48. The molecule has 142 valence electrons. The number of rotatable bonds is 3. The predicted octanol–water partition coefficient (Wildman–Crippen LogP) is 2.32. The van der Waals surface area contributed by atoms with Gasteiger partial charge in [-0.1, -0.05) is 0 Å². The zero-order valence-corrected chi connectivity index (χ0v) is 15.8. The van der Waals surface area contributed by atoms with Gasteiger partial charge in [-0.3, -0.25) is 14.9 Å². The van der Waals surface area contributed by atoms with Crippen molar-refractivity contribution in [3.8, 4) is 6.07 Å². The van der Waals surface area contributed by atoms with Crippen LogP contribution in [0.2, 0.25) is 0 Å². The number of nitriles is 1. The molecule has 2 heterocycles. The van der Waals surface area contributed by atoms with Crippen molar-refractivity contribution in [2.24, 2.45) is 0 Å². The predicted molar refractivity (Wildman–Crippen MR) is 96.6 cm³/mol. The summed E-state index contributed by atoms with van der Waals surface area (Å²) in [6.07, 6.45) is 1.31. The van der Waals surface area contributed by atoms with Crippen LogP contribution in [0.3, 0.4) is 0 Å². The largest absolute Gasteiger partial charge is 0.328 e. The lowest BCUT2D eigenvalue weighted by molar-refractivity contribution is -0.117. The summed E-state index contributed by atoms with van der Waals surface area (Å²) in [5.74, 6) is -1.78. The zero-order chi connectivity index (χ0) is 20.1. The Kier molecular flexibility index (Phi) is 4.34. The molecule has 4 rings (SSSR count). The second-order valence-electron chi connectivity index (χ2n) is 6.73. The number of carbonyl (C=O) groups is 2. The van der Waals surface area contributed by atoms with Crippen LogP contribution in [0.1, 0.15) is 27.9 Å². The number of nitrogens with one attached hydrogen (secondary N) is 1. The minimum absolute atomic E-state index is 0.0201. The Morgan fingerprint density at radius 1 is 1.43 bits per heavy atom. The lowest BCUT2D eigenvalue weighted by Crippen LogP contribution is -2.48. The number of alkyl halides is 1. The highest BCUT2D eigenvalue weighted by Gasteiger charge is 2.62. The number of anilines is 1. The maximum absolute atomic E-state index is 14.6. The number of hydrogen-bond donors (Lipinski definition) is 1. The van der Waals surface area contributed by atoms with Crippen LogP contribution in [0.15, 0.2) is 29.0 Å². The van der Waals surface area contributed by atoms with Gasteiger partial charge in [-0.05, 0) is 34.5 Å². The van der Waals surface area contributed by atoms with Gasteiger partial charge in [0, 0.05) is 17.7 Å². The van der Waals surface area contributed by atoms with E-state index in [-0.39, 0.29) is 46.6 Å². The van der Waals surface area contributed by atoms with Crippen molar-refractivity contribution in [2.45, 2.75) is 18.0 Å². The second-order valence-corrected chi connectivity index (χ2v) is 7.58. The first-order chi connectivity index (χ1) is 13.4. The normalized spacial score (nSPS) is 22.6. The molecule has 2 aliphatic rings. The molecule has 1 N–H and O–H groups in total. The second kappa shape index (κ2) is 6.60. The summed E-state index contributed by atoms with van der Waals surface area (Å²) in [6, 6.07) is 4.69. The Hall–Kier alpha value is -2.93. The molecule has 2 amide bonds. The van der Waals surface area contributed by atoms with Crippen molar-refractivity contribution < 1.29 is 18.4 Å². The Bertz CT molecular complexity index is 1040. The van der Waals surface area contributed by atoms with Gasteiger partial charge in [0.1, 0.15) is 24.6 Å². The van der Waals surface area contributed by atoms with Gasteiger partial charge >= 0.3 is 0 Å². The van der Waals surface area contributed by atoms with Crippen LogP contribution in [0, 0.1) is 17.1 Å². The van der Waals surface area contributed by atoms with Crippen LogP contribution in [-0.2, 0) is 10.2 Å². The molecule has 2 aromatic rings. The van der Waals surface area contributed by atoms with E-state index in [1.165, 1.54) is 29.4 Å². The Morgan fingerprint density at radius 3 is 2.71 bits per heavy atom. The van der Waals surface area contributed by atoms with E-state index < -0.39 is 29.2 Å². The average molecular weight is 448 g/mol. The summed E-state index contributed by atoms with van der Waals surface area (Å²) < 4.78 is 29.0. The first kappa shape index (κ1) is 18.4. The van der Waals surface area contributed by atoms with Crippen LogP contribution in [0.4, 0.5) is 14.7 Å². The molecule has 1 aliphatic carbocycles. The monoisotopic (exact) mass is 447 g/mol. The van der Waals surface area contributed by atoms with E-state index >= 15 is 0 Å². The molecule has 1 saturated carbocycles. The van der Waals surface area contributed by atoms with Crippen LogP contribution in [0.5, 0.6) is 0 Å². The van der Waals surface area contributed by atoms with E-state index in [1.54, 1.807) is 0 Å². The van der Waals surface area contributed by atoms with Gasteiger partial charge in [-0.2, -0.15) is 5.26 Å².